The van der Waals surface area contributed by atoms with Crippen LogP contribution in [0.4, 0.5) is 5.82 Å². The molecule has 9 N–H and O–H groups in total. The van der Waals surface area contributed by atoms with Crippen molar-refractivity contribution >= 4 is 36.6 Å². The third-order valence-electron chi connectivity index (χ3n) is 4.99. The number of anilines is 1. The fourth-order valence-electron chi connectivity index (χ4n) is 3.18. The summed E-state index contributed by atoms with van der Waals surface area (Å²) in [6.45, 7) is -0.594. The van der Waals surface area contributed by atoms with Crippen molar-refractivity contribution in [2.24, 2.45) is 11.5 Å². The quantitative estimate of drug-likeness (QED) is 0.116. The minimum atomic E-state index is -4.40. The molecule has 6 atom stereocenters. The maximum atomic E-state index is 13.1. The number of fused-ring (bicyclic) bond motifs is 1. The highest BCUT2D eigenvalue weighted by molar-refractivity contribution is 7.52. The average Bonchev–Trinajstić information content (AvgIpc) is 3.34. The van der Waals surface area contributed by atoms with Crippen LogP contribution in [0.5, 0.6) is 0 Å². The van der Waals surface area contributed by atoms with E-state index in [4.69, 9.17) is 31.0 Å². The number of nitrogens with two attached hydrogens (primary N) is 3. The first kappa shape index (κ1) is 26.8. The first-order chi connectivity index (χ1) is 16.6. The Bertz CT molecular complexity index is 1100. The van der Waals surface area contributed by atoms with Crippen molar-refractivity contribution in [3.8, 4) is 0 Å². The van der Waals surface area contributed by atoms with Crippen molar-refractivity contribution in [2.45, 2.75) is 43.4 Å². The maximum Gasteiger partial charge on any atom is 0.435 e. The molecule has 1 amide bonds. The Morgan fingerprint density at radius 2 is 2.03 bits per heavy atom. The van der Waals surface area contributed by atoms with E-state index in [1.807, 2.05) is 5.09 Å². The zero-order valence-corrected chi connectivity index (χ0v) is 19.2. The Kier molecular flexibility index (Phi) is 8.68. The predicted molar refractivity (Wildman–Crippen MR) is 115 cm³/mol. The van der Waals surface area contributed by atoms with Gasteiger partial charge in [0.05, 0.1) is 25.6 Å². The van der Waals surface area contributed by atoms with Crippen molar-refractivity contribution < 1.29 is 43.3 Å². The lowest BCUT2D eigenvalue weighted by Crippen LogP contribution is -2.44. The average molecular weight is 517 g/mol. The number of carboxylic acid groups (broad SMARTS) is 1. The molecule has 1 saturated heterocycles. The largest absolute Gasteiger partial charge is 0.550 e. The number of nitrogens with zero attached hydrogens (tertiary/aromatic N) is 4. The number of hydrogen-bond acceptors (Lipinski definition) is 15. The third kappa shape index (κ3) is 6.28. The van der Waals surface area contributed by atoms with Crippen molar-refractivity contribution in [3.63, 3.8) is 0 Å². The number of imidazole rings is 1. The summed E-state index contributed by atoms with van der Waals surface area (Å²) < 4.78 is 30.5. The highest BCUT2D eigenvalue weighted by Gasteiger charge is 2.45. The number of aliphatic hydroxyl groups excluding tert-OH is 2. The molecule has 3 heterocycles. The van der Waals surface area contributed by atoms with Crippen LogP contribution in [-0.4, -0.2) is 85.7 Å². The third-order valence-corrected chi connectivity index (χ3v) is 6.49. The van der Waals surface area contributed by atoms with E-state index in [1.165, 1.54) is 17.2 Å². The van der Waals surface area contributed by atoms with Gasteiger partial charge in [-0.15, -0.1) is 0 Å². The van der Waals surface area contributed by atoms with E-state index < -0.39 is 63.2 Å². The van der Waals surface area contributed by atoms with Gasteiger partial charge in [0.2, 0.25) is 5.91 Å². The van der Waals surface area contributed by atoms with Crippen LogP contribution in [0.3, 0.4) is 0 Å². The maximum absolute atomic E-state index is 13.1. The van der Waals surface area contributed by atoms with Crippen molar-refractivity contribution in [1.29, 1.82) is 0 Å². The molecule has 194 valence electrons. The number of hydrogen-bond donors (Lipinski definition) is 6. The Balaban J connectivity index is 1.71. The summed E-state index contributed by atoms with van der Waals surface area (Å²) in [5, 5.41) is 33.6. The Labute approximate surface area is 198 Å². The molecule has 0 bridgehead atoms. The molecule has 0 spiro atoms. The molecule has 0 radical (unpaired) electrons. The molecule has 35 heavy (non-hydrogen) atoms. The van der Waals surface area contributed by atoms with Gasteiger partial charge in [0.25, 0.3) is 0 Å². The summed E-state index contributed by atoms with van der Waals surface area (Å²) in [5.41, 5.74) is 17.1. The topological polar surface area (TPSA) is 276 Å². The van der Waals surface area contributed by atoms with Crippen LogP contribution in [0.2, 0.25) is 0 Å². The monoisotopic (exact) mass is 517 g/mol. The van der Waals surface area contributed by atoms with Crippen LogP contribution in [0, 0.1) is 0 Å². The van der Waals surface area contributed by atoms with Gasteiger partial charge in [0.1, 0.15) is 30.2 Å². The second kappa shape index (κ2) is 11.3. The number of amides is 1. The SMILES string of the molecule is NCCCOP(=O)(NC(=O)[C@@H](N)CC(=O)[O-])OC[C@H]1O[C@@H](n2cnc3c(N)ncnc32)[C@H](O)[C@@H]1O. The van der Waals surface area contributed by atoms with Crippen LogP contribution in [0.15, 0.2) is 12.7 Å². The summed E-state index contributed by atoms with van der Waals surface area (Å²) in [6.07, 6.45) is -3.47. The Morgan fingerprint density at radius 3 is 2.71 bits per heavy atom. The molecular formula is C17H26N8O9P-. The van der Waals surface area contributed by atoms with Gasteiger partial charge in [-0.05, 0) is 13.0 Å². The van der Waals surface area contributed by atoms with Crippen molar-refractivity contribution in [2.75, 3.05) is 25.5 Å². The molecule has 3 rings (SSSR count). The van der Waals surface area contributed by atoms with Gasteiger partial charge >= 0.3 is 7.75 Å². The predicted octanol–water partition coefficient (Wildman–Crippen LogP) is -3.90. The summed E-state index contributed by atoms with van der Waals surface area (Å²) in [7, 11) is -4.40. The summed E-state index contributed by atoms with van der Waals surface area (Å²) in [4.78, 5) is 34.8. The van der Waals surface area contributed by atoms with E-state index in [0.717, 1.165) is 0 Å². The van der Waals surface area contributed by atoms with Crippen molar-refractivity contribution in [1.82, 2.24) is 24.6 Å². The summed E-state index contributed by atoms with van der Waals surface area (Å²) >= 11 is 0. The molecule has 0 aromatic carbocycles. The number of aliphatic hydroxyl groups is 2. The number of carbonyl (C=O) groups excluding carboxylic acids is 2. The van der Waals surface area contributed by atoms with Gasteiger partial charge in [-0.1, -0.05) is 0 Å². The molecule has 1 fully saturated rings. The standard InChI is InChI=1S/C17H27N8O9P/c18-2-1-3-32-35(31,24-16(30)8(19)4-10(26)27)33-5-9-12(28)13(29)17(34-9)25-7-23-11-14(20)21-6-22-15(11)25/h6-9,12-13,17,28-29H,1-5,18-19H2,(H,26,27)(H2,20,21,22)(H,24,30,31)/p-1/t8-,9+,12+,13+,17+,35?/m0/s1. The molecule has 1 unspecified atom stereocenters. The molecule has 1 aliphatic heterocycles. The minimum Gasteiger partial charge on any atom is -0.550 e. The highest BCUT2D eigenvalue weighted by Crippen LogP contribution is 2.45. The minimum absolute atomic E-state index is 0.102. The molecule has 0 saturated carbocycles. The summed E-state index contributed by atoms with van der Waals surface area (Å²) in [5.74, 6) is -2.61. The fourth-order valence-corrected chi connectivity index (χ4v) is 4.54. The fraction of sp³-hybridized carbons (Fsp3) is 0.588. The second-order valence-corrected chi connectivity index (χ2v) is 9.29. The van der Waals surface area contributed by atoms with Crippen LogP contribution in [0.1, 0.15) is 19.1 Å². The second-order valence-electron chi connectivity index (χ2n) is 7.56. The lowest BCUT2D eigenvalue weighted by molar-refractivity contribution is -0.305. The van der Waals surface area contributed by atoms with Crippen LogP contribution < -0.4 is 27.4 Å². The molecule has 18 heteroatoms. The zero-order valence-electron chi connectivity index (χ0n) is 18.3. The van der Waals surface area contributed by atoms with Gasteiger partial charge in [-0.3, -0.25) is 23.5 Å². The van der Waals surface area contributed by atoms with Crippen LogP contribution in [-0.2, 0) is 27.9 Å². The highest BCUT2D eigenvalue weighted by atomic mass is 31.2. The normalized spacial score (nSPS) is 24.8. The zero-order chi connectivity index (χ0) is 25.8. The summed E-state index contributed by atoms with van der Waals surface area (Å²) in [6, 6.07) is -1.58. The lowest BCUT2D eigenvalue weighted by atomic mass is 10.1. The van der Waals surface area contributed by atoms with Crippen LogP contribution in [0.25, 0.3) is 11.2 Å². The number of rotatable bonds is 12. The van der Waals surface area contributed by atoms with E-state index >= 15 is 0 Å². The number of aromatic nitrogens is 4. The Hall–Kier alpha value is -2.76. The van der Waals surface area contributed by atoms with E-state index in [0.29, 0.717) is 0 Å². The molecule has 2 aromatic heterocycles. The van der Waals surface area contributed by atoms with E-state index in [2.05, 4.69) is 15.0 Å². The first-order valence-corrected chi connectivity index (χ1v) is 11.9. The lowest BCUT2D eigenvalue weighted by Gasteiger charge is -2.23. The van der Waals surface area contributed by atoms with Gasteiger partial charge in [-0.25, -0.2) is 19.5 Å². The number of nitrogens with one attached hydrogen (secondary N) is 1. The first-order valence-electron chi connectivity index (χ1n) is 10.4. The van der Waals surface area contributed by atoms with Crippen molar-refractivity contribution in [3.05, 3.63) is 12.7 Å². The number of nitrogen functional groups attached to an aromatic ring is 1. The molecule has 0 aliphatic carbocycles. The number of aliphatic carboxylic acids is 1. The molecule has 17 nitrogen and oxygen atoms in total. The molecular weight excluding hydrogens is 491 g/mol. The van der Waals surface area contributed by atoms with Gasteiger partial charge in [-0.2, -0.15) is 0 Å². The van der Waals surface area contributed by atoms with Crippen LogP contribution >= 0.6 is 7.75 Å². The van der Waals surface area contributed by atoms with Gasteiger partial charge in [0, 0.05) is 12.4 Å². The molecule has 2 aromatic rings. The number of ether oxygens (including phenoxy) is 1. The number of carbonyl (C=O) groups is 2. The van der Waals surface area contributed by atoms with E-state index in [1.54, 1.807) is 0 Å². The van der Waals surface area contributed by atoms with E-state index in [-0.39, 0.29) is 36.6 Å². The van der Waals surface area contributed by atoms with Gasteiger partial charge < -0.3 is 42.1 Å². The van der Waals surface area contributed by atoms with Gasteiger partial charge in [0.15, 0.2) is 17.7 Å². The Morgan fingerprint density at radius 1 is 1.29 bits per heavy atom. The molecule has 1 aliphatic rings. The smallest absolute Gasteiger partial charge is 0.435 e. The number of carboxylic acids is 1. The van der Waals surface area contributed by atoms with E-state index in [9.17, 15) is 29.5 Å².